The van der Waals surface area contributed by atoms with Gasteiger partial charge in [0.05, 0.1) is 17.5 Å². The fourth-order valence-corrected chi connectivity index (χ4v) is 1.26. The SMILES string of the molecule is COCCCOOCc1ccc(N=C=S)cc1. The number of benzene rings is 1. The van der Waals surface area contributed by atoms with Crippen molar-refractivity contribution in [2.75, 3.05) is 20.3 Å². The van der Waals surface area contributed by atoms with Gasteiger partial charge in [-0.2, -0.15) is 4.99 Å². The lowest BCUT2D eigenvalue weighted by Gasteiger charge is -2.04. The largest absolute Gasteiger partial charge is 0.385 e. The number of isothiocyanates is 1. The number of methoxy groups -OCH3 is 1. The highest BCUT2D eigenvalue weighted by Crippen LogP contribution is 2.12. The van der Waals surface area contributed by atoms with Crippen LogP contribution in [0.3, 0.4) is 0 Å². The van der Waals surface area contributed by atoms with Crippen LogP contribution in [0.25, 0.3) is 0 Å². The van der Waals surface area contributed by atoms with Crippen LogP contribution in [0.5, 0.6) is 0 Å². The van der Waals surface area contributed by atoms with Gasteiger partial charge in [-0.1, -0.05) is 12.1 Å². The Labute approximate surface area is 106 Å². The summed E-state index contributed by atoms with van der Waals surface area (Å²) in [7, 11) is 1.66. The van der Waals surface area contributed by atoms with E-state index in [9.17, 15) is 0 Å². The van der Waals surface area contributed by atoms with Crippen LogP contribution in [0.1, 0.15) is 12.0 Å². The number of hydrogen-bond acceptors (Lipinski definition) is 5. The Balaban J connectivity index is 2.20. The summed E-state index contributed by atoms with van der Waals surface area (Å²) in [5.41, 5.74) is 1.80. The molecular formula is C12H15NO3S. The molecule has 0 bridgehead atoms. The van der Waals surface area contributed by atoms with E-state index in [-0.39, 0.29) is 0 Å². The van der Waals surface area contributed by atoms with E-state index in [4.69, 9.17) is 14.5 Å². The Hall–Kier alpha value is -1.10. The Kier molecular flexibility index (Phi) is 7.38. The number of aliphatic imine (C=N–C) groups is 1. The minimum atomic E-state index is 0.411. The average molecular weight is 253 g/mol. The monoisotopic (exact) mass is 253 g/mol. The molecule has 17 heavy (non-hydrogen) atoms. The molecule has 0 fully saturated rings. The highest BCUT2D eigenvalue weighted by Gasteiger charge is 1.95. The fourth-order valence-electron chi connectivity index (χ4n) is 1.15. The first-order valence-electron chi connectivity index (χ1n) is 5.27. The van der Waals surface area contributed by atoms with E-state index in [1.54, 1.807) is 7.11 Å². The standard InChI is InChI=1S/C12H15NO3S/c1-14-7-2-8-15-16-9-11-3-5-12(6-4-11)13-10-17/h3-6H,2,7-9H2,1H3. The fraction of sp³-hybridized carbons (Fsp3) is 0.417. The van der Waals surface area contributed by atoms with Crippen LogP contribution < -0.4 is 0 Å². The molecule has 0 aromatic heterocycles. The predicted molar refractivity (Wildman–Crippen MR) is 68.4 cm³/mol. The molecule has 5 heteroatoms. The molecule has 0 N–H and O–H groups in total. The van der Waals surface area contributed by atoms with E-state index in [1.807, 2.05) is 24.3 Å². The molecule has 0 aliphatic heterocycles. The highest BCUT2D eigenvalue weighted by atomic mass is 32.1. The maximum absolute atomic E-state index is 5.04. The summed E-state index contributed by atoms with van der Waals surface area (Å²) in [4.78, 5) is 13.9. The molecule has 0 amide bonds. The van der Waals surface area contributed by atoms with Gasteiger partial charge in [0.2, 0.25) is 0 Å². The van der Waals surface area contributed by atoms with Gasteiger partial charge in [-0.15, -0.1) is 0 Å². The van der Waals surface area contributed by atoms with E-state index in [0.29, 0.717) is 19.8 Å². The molecule has 4 nitrogen and oxygen atoms in total. The number of nitrogens with zero attached hydrogens (tertiary/aromatic N) is 1. The van der Waals surface area contributed by atoms with Crippen molar-refractivity contribution >= 4 is 23.1 Å². The molecular weight excluding hydrogens is 238 g/mol. The summed E-state index contributed by atoms with van der Waals surface area (Å²) in [5.74, 6) is 0. The van der Waals surface area contributed by atoms with Crippen LogP contribution in [0.15, 0.2) is 29.3 Å². The van der Waals surface area contributed by atoms with E-state index in [1.165, 1.54) is 0 Å². The van der Waals surface area contributed by atoms with Crippen molar-refractivity contribution in [3.05, 3.63) is 29.8 Å². The van der Waals surface area contributed by atoms with Crippen LogP contribution >= 0.6 is 12.2 Å². The van der Waals surface area contributed by atoms with E-state index in [0.717, 1.165) is 17.7 Å². The third-order valence-corrected chi connectivity index (χ3v) is 2.09. The Morgan fingerprint density at radius 1 is 1.18 bits per heavy atom. The zero-order valence-corrected chi connectivity index (χ0v) is 10.5. The van der Waals surface area contributed by atoms with Crippen LogP contribution in [0.2, 0.25) is 0 Å². The number of rotatable bonds is 8. The minimum Gasteiger partial charge on any atom is -0.385 e. The van der Waals surface area contributed by atoms with Crippen molar-refractivity contribution in [3.63, 3.8) is 0 Å². The van der Waals surface area contributed by atoms with Gasteiger partial charge in [0, 0.05) is 13.7 Å². The van der Waals surface area contributed by atoms with Crippen LogP contribution in [0.4, 0.5) is 5.69 Å². The van der Waals surface area contributed by atoms with E-state index >= 15 is 0 Å². The smallest absolute Gasteiger partial charge is 0.107 e. The first-order chi connectivity index (χ1) is 8.36. The van der Waals surface area contributed by atoms with Crippen molar-refractivity contribution in [2.24, 2.45) is 4.99 Å². The van der Waals surface area contributed by atoms with Gasteiger partial charge in [0.25, 0.3) is 0 Å². The first kappa shape index (κ1) is 14.0. The minimum absolute atomic E-state index is 0.411. The van der Waals surface area contributed by atoms with E-state index in [2.05, 4.69) is 22.4 Å². The molecule has 0 radical (unpaired) electrons. The first-order valence-corrected chi connectivity index (χ1v) is 5.68. The Morgan fingerprint density at radius 2 is 1.94 bits per heavy atom. The van der Waals surface area contributed by atoms with Crippen molar-refractivity contribution in [2.45, 2.75) is 13.0 Å². The lowest BCUT2D eigenvalue weighted by Crippen LogP contribution is -2.00. The van der Waals surface area contributed by atoms with Gasteiger partial charge in [0.1, 0.15) is 6.61 Å². The van der Waals surface area contributed by atoms with Crippen LogP contribution in [0, 0.1) is 0 Å². The summed E-state index contributed by atoms with van der Waals surface area (Å²) < 4.78 is 4.88. The van der Waals surface area contributed by atoms with Gasteiger partial charge in [0.15, 0.2) is 0 Å². The highest BCUT2D eigenvalue weighted by molar-refractivity contribution is 7.78. The van der Waals surface area contributed by atoms with Crippen LogP contribution in [-0.2, 0) is 21.1 Å². The molecule has 0 atom stereocenters. The molecule has 1 aromatic carbocycles. The summed E-state index contributed by atoms with van der Waals surface area (Å²) in [5, 5.41) is 2.32. The molecule has 0 aliphatic carbocycles. The second kappa shape index (κ2) is 8.98. The summed E-state index contributed by atoms with van der Waals surface area (Å²) in [6.07, 6.45) is 0.818. The van der Waals surface area contributed by atoms with Gasteiger partial charge in [-0.3, -0.25) is 0 Å². The summed E-state index contributed by atoms with van der Waals surface area (Å²) in [6.45, 7) is 1.61. The topological polar surface area (TPSA) is 40.0 Å². The second-order valence-electron chi connectivity index (χ2n) is 3.30. The number of hydrogen-bond donors (Lipinski definition) is 0. The normalized spacial score (nSPS) is 9.94. The quantitative estimate of drug-likeness (QED) is 0.235. The molecule has 0 saturated carbocycles. The third-order valence-electron chi connectivity index (χ3n) is 2.00. The zero-order valence-electron chi connectivity index (χ0n) is 9.72. The molecule has 1 aromatic rings. The number of ether oxygens (including phenoxy) is 1. The van der Waals surface area contributed by atoms with Crippen molar-refractivity contribution in [1.82, 2.24) is 0 Å². The second-order valence-corrected chi connectivity index (χ2v) is 3.48. The van der Waals surface area contributed by atoms with Gasteiger partial charge >= 0.3 is 0 Å². The maximum Gasteiger partial charge on any atom is 0.107 e. The predicted octanol–water partition coefficient (Wildman–Crippen LogP) is 2.91. The summed E-state index contributed by atoms with van der Waals surface area (Å²) in [6, 6.07) is 7.51. The molecule has 0 unspecified atom stereocenters. The lowest BCUT2D eigenvalue weighted by molar-refractivity contribution is -0.304. The molecule has 1 rings (SSSR count). The van der Waals surface area contributed by atoms with Gasteiger partial charge in [-0.05, 0) is 36.3 Å². The van der Waals surface area contributed by atoms with Crippen LogP contribution in [-0.4, -0.2) is 25.5 Å². The average Bonchev–Trinajstić information content (AvgIpc) is 2.36. The van der Waals surface area contributed by atoms with Gasteiger partial charge < -0.3 is 4.74 Å². The van der Waals surface area contributed by atoms with Gasteiger partial charge in [-0.25, -0.2) is 9.78 Å². The number of thiocarbonyl (C=S) groups is 1. The molecule has 92 valence electrons. The molecule has 0 spiro atoms. The van der Waals surface area contributed by atoms with E-state index < -0.39 is 0 Å². The zero-order chi connectivity index (χ0) is 12.3. The maximum atomic E-state index is 5.04. The molecule has 0 heterocycles. The van der Waals surface area contributed by atoms with Crippen molar-refractivity contribution < 1.29 is 14.5 Å². The Morgan fingerprint density at radius 3 is 2.59 bits per heavy atom. The summed E-state index contributed by atoms with van der Waals surface area (Å²) >= 11 is 4.52. The Bertz CT molecular complexity index is 361. The molecule has 0 aliphatic rings. The van der Waals surface area contributed by atoms with Crippen molar-refractivity contribution in [1.29, 1.82) is 0 Å². The van der Waals surface area contributed by atoms with Crippen molar-refractivity contribution in [3.8, 4) is 0 Å². The lowest BCUT2D eigenvalue weighted by atomic mass is 10.2. The molecule has 0 saturated heterocycles. The third kappa shape index (κ3) is 6.26.